The Kier molecular flexibility index (Phi) is 8.72. The Morgan fingerprint density at radius 1 is 0.878 bits per heavy atom. The molecule has 0 spiro atoms. The van der Waals surface area contributed by atoms with Gasteiger partial charge >= 0.3 is 6.18 Å². The molecular weight excluding hydrogens is 557 g/mol. The van der Waals surface area contributed by atoms with Crippen molar-refractivity contribution in [3.63, 3.8) is 0 Å². The fraction of sp³-hybridized carbons (Fsp3) is 0.517. The van der Waals surface area contributed by atoms with Crippen molar-refractivity contribution in [3.05, 3.63) is 71.3 Å². The Balaban J connectivity index is 1.17. The molecule has 2 amide bonds. The van der Waals surface area contributed by atoms with E-state index in [4.69, 9.17) is 0 Å². The first-order valence-corrected chi connectivity index (χ1v) is 15.5. The van der Waals surface area contributed by atoms with E-state index in [0.29, 0.717) is 57.3 Å². The third-order valence-corrected chi connectivity index (χ3v) is 10.4. The van der Waals surface area contributed by atoms with E-state index in [9.17, 15) is 31.2 Å². The zero-order valence-corrected chi connectivity index (χ0v) is 23.5. The summed E-state index contributed by atoms with van der Waals surface area (Å²) in [5.41, 5.74) is 0.845. The topological polar surface area (TPSA) is 90.0 Å². The van der Waals surface area contributed by atoms with Gasteiger partial charge < -0.3 is 10.2 Å². The Hall–Kier alpha value is -2.96. The largest absolute Gasteiger partial charge is 0.416 e. The summed E-state index contributed by atoms with van der Waals surface area (Å²) in [7, 11) is -3.72. The van der Waals surface area contributed by atoms with Gasteiger partial charge in [0, 0.05) is 38.8 Å². The molecule has 3 aliphatic heterocycles. The maximum Gasteiger partial charge on any atom is 0.416 e. The first kappa shape index (κ1) is 29.5. The molecule has 2 aromatic rings. The van der Waals surface area contributed by atoms with Gasteiger partial charge in [-0.25, -0.2) is 0 Å². The highest BCUT2D eigenvalue weighted by Crippen LogP contribution is 2.32. The van der Waals surface area contributed by atoms with Crippen LogP contribution in [0.25, 0.3) is 0 Å². The number of carbonyl (C=O) groups excluding carboxylic acids is 2. The second-order valence-corrected chi connectivity index (χ2v) is 12.9. The number of piperidine rings is 1. The quantitative estimate of drug-likeness (QED) is 0.508. The predicted molar refractivity (Wildman–Crippen MR) is 146 cm³/mol. The molecule has 3 atom stereocenters. The SMILES string of the molecule is O=C(NCc1ccc(C(F)(F)F)cc1)[C@H]1CCCN1C(=O)[C@H]1CCCN(S(=O)(=O)N2CC[C@@H]2Cc2ccccc2)C1. The van der Waals surface area contributed by atoms with Crippen LogP contribution < -0.4 is 5.32 Å². The van der Waals surface area contributed by atoms with Crippen molar-refractivity contribution in [3.8, 4) is 0 Å². The standard InChI is InChI=1S/C29H35F3N4O4S/c30-29(31,32)24-12-10-22(11-13-24)19-33-27(37)26-9-5-16-35(26)28(38)23-8-4-15-34(20-23)41(39,40)36-17-14-25(36)18-21-6-2-1-3-7-21/h1-3,6-7,10-13,23,25-26H,4-5,8-9,14-20H2,(H,33,37)/t23-,25+,26+/m0/s1. The van der Waals surface area contributed by atoms with E-state index < -0.39 is 33.9 Å². The molecule has 2 aromatic carbocycles. The van der Waals surface area contributed by atoms with Crippen molar-refractivity contribution in [2.75, 3.05) is 26.2 Å². The van der Waals surface area contributed by atoms with Crippen molar-refractivity contribution in [2.24, 2.45) is 5.92 Å². The van der Waals surface area contributed by atoms with Gasteiger partial charge in [0.25, 0.3) is 10.2 Å². The van der Waals surface area contributed by atoms with Crippen LogP contribution in [0.1, 0.15) is 48.8 Å². The van der Waals surface area contributed by atoms with Crippen LogP contribution in [0, 0.1) is 5.92 Å². The first-order valence-electron chi connectivity index (χ1n) is 14.1. The van der Waals surface area contributed by atoms with Crippen LogP contribution in [0.3, 0.4) is 0 Å². The van der Waals surface area contributed by atoms with Crippen LogP contribution in [0.4, 0.5) is 13.2 Å². The molecular formula is C29H35F3N4O4S. The smallest absolute Gasteiger partial charge is 0.350 e. The monoisotopic (exact) mass is 592 g/mol. The molecule has 5 rings (SSSR count). The van der Waals surface area contributed by atoms with E-state index in [0.717, 1.165) is 24.1 Å². The Morgan fingerprint density at radius 2 is 1.59 bits per heavy atom. The minimum atomic E-state index is -4.43. The Morgan fingerprint density at radius 3 is 2.24 bits per heavy atom. The first-order chi connectivity index (χ1) is 19.5. The number of nitrogens with zero attached hydrogens (tertiary/aromatic N) is 3. The number of hydrogen-bond acceptors (Lipinski definition) is 4. The molecule has 0 bridgehead atoms. The summed E-state index contributed by atoms with van der Waals surface area (Å²) in [4.78, 5) is 28.1. The highest BCUT2D eigenvalue weighted by molar-refractivity contribution is 7.86. The molecule has 0 aliphatic carbocycles. The molecule has 222 valence electrons. The number of halogens is 3. The second-order valence-electron chi connectivity index (χ2n) is 11.1. The molecule has 41 heavy (non-hydrogen) atoms. The van der Waals surface area contributed by atoms with Crippen molar-refractivity contribution >= 4 is 22.0 Å². The molecule has 12 heteroatoms. The number of benzene rings is 2. The number of likely N-dealkylation sites (tertiary alicyclic amines) is 1. The van der Waals surface area contributed by atoms with E-state index >= 15 is 0 Å². The van der Waals surface area contributed by atoms with Crippen LogP contribution in [0.15, 0.2) is 54.6 Å². The Labute approximate surface area is 238 Å². The lowest BCUT2D eigenvalue weighted by Gasteiger charge is -2.44. The van der Waals surface area contributed by atoms with Crippen LogP contribution in [0.2, 0.25) is 0 Å². The van der Waals surface area contributed by atoms with Gasteiger partial charge in [-0.2, -0.15) is 30.2 Å². The van der Waals surface area contributed by atoms with E-state index in [1.807, 2.05) is 30.3 Å². The fourth-order valence-electron chi connectivity index (χ4n) is 5.97. The number of nitrogens with one attached hydrogen (secondary N) is 1. The molecule has 0 aromatic heterocycles. The van der Waals surface area contributed by atoms with Gasteiger partial charge in [0.15, 0.2) is 0 Å². The summed E-state index contributed by atoms with van der Waals surface area (Å²) in [5, 5.41) is 2.75. The van der Waals surface area contributed by atoms with Gasteiger partial charge in [-0.15, -0.1) is 0 Å². The lowest BCUT2D eigenvalue weighted by Crippen LogP contribution is -2.59. The van der Waals surface area contributed by atoms with E-state index in [1.165, 1.54) is 16.4 Å². The second kappa shape index (κ2) is 12.1. The van der Waals surface area contributed by atoms with Crippen molar-refractivity contribution in [2.45, 2.75) is 63.3 Å². The minimum Gasteiger partial charge on any atom is -0.350 e. The van der Waals surface area contributed by atoms with Crippen LogP contribution in [-0.2, 0) is 38.9 Å². The lowest BCUT2D eigenvalue weighted by molar-refractivity contribution is -0.142. The van der Waals surface area contributed by atoms with Gasteiger partial charge in [0.2, 0.25) is 11.8 Å². The maximum absolute atomic E-state index is 13.6. The van der Waals surface area contributed by atoms with Crippen LogP contribution in [0.5, 0.6) is 0 Å². The molecule has 3 heterocycles. The van der Waals surface area contributed by atoms with E-state index in [1.54, 1.807) is 9.21 Å². The van der Waals surface area contributed by atoms with Crippen LogP contribution in [-0.4, -0.2) is 72.0 Å². The zero-order chi connectivity index (χ0) is 29.2. The van der Waals surface area contributed by atoms with Crippen molar-refractivity contribution in [1.29, 1.82) is 0 Å². The molecule has 0 saturated carbocycles. The van der Waals surface area contributed by atoms with Crippen LogP contribution >= 0.6 is 0 Å². The minimum absolute atomic E-state index is 0.0466. The van der Waals surface area contributed by atoms with E-state index in [-0.39, 0.29) is 30.9 Å². The summed E-state index contributed by atoms with van der Waals surface area (Å²) >= 11 is 0. The van der Waals surface area contributed by atoms with Gasteiger partial charge in [-0.1, -0.05) is 42.5 Å². The maximum atomic E-state index is 13.6. The summed E-state index contributed by atoms with van der Waals surface area (Å²) in [6, 6.07) is 13.6. The molecule has 0 unspecified atom stereocenters. The zero-order valence-electron chi connectivity index (χ0n) is 22.7. The van der Waals surface area contributed by atoms with Gasteiger partial charge in [0.05, 0.1) is 11.5 Å². The van der Waals surface area contributed by atoms with Crippen molar-refractivity contribution in [1.82, 2.24) is 18.8 Å². The van der Waals surface area contributed by atoms with Crippen molar-refractivity contribution < 1.29 is 31.2 Å². The summed E-state index contributed by atoms with van der Waals surface area (Å²) in [5.74, 6) is -1.11. The molecule has 3 aliphatic rings. The Bertz CT molecular complexity index is 1340. The highest BCUT2D eigenvalue weighted by Gasteiger charge is 2.45. The summed E-state index contributed by atoms with van der Waals surface area (Å²) in [6.07, 6.45) is -0.753. The molecule has 1 N–H and O–H groups in total. The predicted octanol–water partition coefficient (Wildman–Crippen LogP) is 3.59. The molecule has 3 fully saturated rings. The average Bonchev–Trinajstić information content (AvgIpc) is 3.44. The number of rotatable bonds is 8. The highest BCUT2D eigenvalue weighted by atomic mass is 32.2. The number of hydrogen-bond donors (Lipinski definition) is 1. The van der Waals surface area contributed by atoms with Gasteiger partial charge in [-0.3, -0.25) is 9.59 Å². The third-order valence-electron chi connectivity index (χ3n) is 8.35. The molecule has 8 nitrogen and oxygen atoms in total. The normalized spacial score (nSPS) is 24.2. The molecule has 3 saturated heterocycles. The summed E-state index contributed by atoms with van der Waals surface area (Å²) in [6.45, 7) is 1.36. The molecule has 0 radical (unpaired) electrons. The lowest BCUT2D eigenvalue weighted by atomic mass is 9.97. The average molecular weight is 593 g/mol. The van der Waals surface area contributed by atoms with Gasteiger partial charge in [-0.05, 0) is 61.8 Å². The number of carbonyl (C=O) groups is 2. The summed E-state index contributed by atoms with van der Waals surface area (Å²) < 4.78 is 68.5. The number of amides is 2. The van der Waals surface area contributed by atoms with Gasteiger partial charge in [0.1, 0.15) is 6.04 Å². The fourth-order valence-corrected chi connectivity index (χ4v) is 7.89. The van der Waals surface area contributed by atoms with E-state index in [2.05, 4.69) is 5.32 Å². The third kappa shape index (κ3) is 6.60. The number of alkyl halides is 3.